The van der Waals surface area contributed by atoms with Gasteiger partial charge in [0.15, 0.2) is 5.78 Å². The number of ketones is 1. The van der Waals surface area contributed by atoms with Crippen molar-refractivity contribution in [3.8, 4) is 6.07 Å². The molecule has 0 aliphatic carbocycles. The number of carbonyl (C=O) groups excluding carboxylic acids is 1. The number of unbranched alkanes of at least 4 members (excludes halogenated alkanes) is 1. The van der Waals surface area contributed by atoms with E-state index >= 15 is 0 Å². The number of aliphatic imine (C=N–C) groups is 1. The van der Waals surface area contributed by atoms with Crippen molar-refractivity contribution in [1.82, 2.24) is 0 Å². The topological polar surface area (TPSA) is 53.2 Å². The van der Waals surface area contributed by atoms with E-state index < -0.39 is 0 Å². The van der Waals surface area contributed by atoms with Gasteiger partial charge < -0.3 is 0 Å². The van der Waals surface area contributed by atoms with E-state index in [4.69, 9.17) is 0 Å². The molecule has 1 aliphatic heterocycles. The van der Waals surface area contributed by atoms with E-state index in [-0.39, 0.29) is 5.78 Å². The monoisotopic (exact) mass is 426 g/mol. The Morgan fingerprint density at radius 2 is 1.97 bits per heavy atom. The molecule has 0 amide bonds. The average Bonchev–Trinajstić information content (AvgIpc) is 3.14. The lowest BCUT2D eigenvalue weighted by Crippen LogP contribution is -2.00. The number of rotatable bonds is 10. The molecular formula is C24H30N2OS2. The Balaban J connectivity index is 2.27. The predicted molar refractivity (Wildman–Crippen MR) is 125 cm³/mol. The molecule has 1 aromatic rings. The SMILES string of the molecule is CCCCC(CC)CC=NC(=C=C1Sc2c(C#N)ccc(CCC)c2S1)C(C)=O. The number of aryl methyl sites for hydroxylation is 1. The first-order valence-electron chi connectivity index (χ1n) is 10.5. The lowest BCUT2D eigenvalue weighted by Gasteiger charge is -2.10. The summed E-state index contributed by atoms with van der Waals surface area (Å²) in [6.45, 7) is 8.11. The molecule has 1 unspecified atom stereocenters. The smallest absolute Gasteiger partial charge is 0.186 e. The zero-order chi connectivity index (χ0) is 21.2. The molecule has 1 aliphatic rings. The van der Waals surface area contributed by atoms with Crippen LogP contribution in [0.15, 0.2) is 42.6 Å². The van der Waals surface area contributed by atoms with Gasteiger partial charge in [-0.1, -0.05) is 88.2 Å². The summed E-state index contributed by atoms with van der Waals surface area (Å²) >= 11 is 3.13. The molecule has 29 heavy (non-hydrogen) atoms. The Kier molecular flexibility index (Phi) is 9.81. The maximum absolute atomic E-state index is 12.1. The summed E-state index contributed by atoms with van der Waals surface area (Å²) < 4.78 is 0.889. The van der Waals surface area contributed by atoms with E-state index in [1.807, 2.05) is 18.3 Å². The van der Waals surface area contributed by atoms with Gasteiger partial charge in [0, 0.05) is 22.9 Å². The number of benzene rings is 1. The molecular weight excluding hydrogens is 396 g/mol. The lowest BCUT2D eigenvalue weighted by molar-refractivity contribution is -0.113. The molecule has 1 aromatic carbocycles. The first-order valence-corrected chi connectivity index (χ1v) is 12.1. The first kappa shape index (κ1) is 23.5. The van der Waals surface area contributed by atoms with Crippen LogP contribution in [0.5, 0.6) is 0 Å². The highest BCUT2D eigenvalue weighted by Gasteiger charge is 2.24. The number of Topliss-reactive ketones (excluding diaryl/α,β-unsaturated/α-hetero) is 1. The van der Waals surface area contributed by atoms with Crippen molar-refractivity contribution in [2.45, 2.75) is 82.4 Å². The lowest BCUT2D eigenvalue weighted by atomic mass is 9.96. The molecule has 0 bridgehead atoms. The molecule has 0 fully saturated rings. The highest BCUT2D eigenvalue weighted by atomic mass is 32.2. The molecule has 0 spiro atoms. The van der Waals surface area contributed by atoms with E-state index in [9.17, 15) is 10.1 Å². The number of fused-ring (bicyclic) bond motifs is 1. The van der Waals surface area contributed by atoms with E-state index in [0.717, 1.165) is 39.7 Å². The van der Waals surface area contributed by atoms with Crippen LogP contribution in [0.1, 0.15) is 77.3 Å². The molecule has 0 radical (unpaired) electrons. The van der Waals surface area contributed by atoms with Crippen molar-refractivity contribution in [2.24, 2.45) is 10.9 Å². The van der Waals surface area contributed by atoms with Crippen LogP contribution in [0.4, 0.5) is 0 Å². The van der Waals surface area contributed by atoms with Crippen molar-refractivity contribution >= 4 is 35.5 Å². The van der Waals surface area contributed by atoms with Gasteiger partial charge in [-0.15, -0.1) is 0 Å². The molecule has 2 rings (SSSR count). The van der Waals surface area contributed by atoms with Crippen LogP contribution < -0.4 is 0 Å². The number of nitriles is 1. The van der Waals surface area contributed by atoms with Gasteiger partial charge in [-0.25, -0.2) is 4.99 Å². The highest BCUT2D eigenvalue weighted by Crippen LogP contribution is 2.53. The summed E-state index contributed by atoms with van der Waals surface area (Å²) in [6, 6.07) is 6.23. The fraction of sp³-hybridized carbons (Fsp3) is 0.500. The molecule has 5 heteroatoms. The second-order valence-corrected chi connectivity index (χ2v) is 9.58. The maximum Gasteiger partial charge on any atom is 0.186 e. The first-order chi connectivity index (χ1) is 14.0. The molecule has 154 valence electrons. The van der Waals surface area contributed by atoms with Gasteiger partial charge in [0.1, 0.15) is 11.8 Å². The molecule has 1 atom stereocenters. The number of nitrogens with zero attached hydrogens (tertiary/aromatic N) is 2. The number of hydrogen-bond acceptors (Lipinski definition) is 5. The Morgan fingerprint density at radius 1 is 1.21 bits per heavy atom. The Hall–Kier alpha value is -1.73. The van der Waals surface area contributed by atoms with Crippen LogP contribution in [-0.2, 0) is 11.2 Å². The van der Waals surface area contributed by atoms with Gasteiger partial charge in [0.25, 0.3) is 0 Å². The molecule has 0 saturated heterocycles. The van der Waals surface area contributed by atoms with Crippen LogP contribution in [0.2, 0.25) is 0 Å². The number of carbonyl (C=O) groups is 1. The van der Waals surface area contributed by atoms with Crippen molar-refractivity contribution < 1.29 is 4.79 Å². The summed E-state index contributed by atoms with van der Waals surface area (Å²) in [5.41, 5.74) is 5.53. The van der Waals surface area contributed by atoms with Crippen LogP contribution >= 0.6 is 23.5 Å². The summed E-state index contributed by atoms with van der Waals surface area (Å²) in [7, 11) is 0. The minimum Gasteiger partial charge on any atom is -0.292 e. The number of allylic oxidation sites excluding steroid dienone is 1. The van der Waals surface area contributed by atoms with Gasteiger partial charge >= 0.3 is 0 Å². The predicted octanol–water partition coefficient (Wildman–Crippen LogP) is 7.30. The summed E-state index contributed by atoms with van der Waals surface area (Å²) in [5, 5.41) is 9.45. The zero-order valence-electron chi connectivity index (χ0n) is 17.9. The van der Waals surface area contributed by atoms with E-state index in [1.165, 1.54) is 43.5 Å². The van der Waals surface area contributed by atoms with Crippen LogP contribution in [-0.4, -0.2) is 12.0 Å². The molecule has 3 nitrogen and oxygen atoms in total. The van der Waals surface area contributed by atoms with Crippen molar-refractivity contribution in [2.75, 3.05) is 0 Å². The standard InChI is InChI=1S/C24H30N2OS2/c1-5-8-10-18(7-3)13-14-26-21(17(4)27)15-22-28-23-19(9-6-2)11-12-20(16-25)24(23)29-22/h11-12,14,18H,5-10,13H2,1-4H3. The van der Waals surface area contributed by atoms with Crippen LogP contribution in [0, 0.1) is 17.2 Å². The average molecular weight is 427 g/mol. The van der Waals surface area contributed by atoms with Crippen LogP contribution in [0.25, 0.3) is 0 Å². The summed E-state index contributed by atoms with van der Waals surface area (Å²) in [6.07, 6.45) is 9.59. The summed E-state index contributed by atoms with van der Waals surface area (Å²) in [5.74, 6) is 0.538. The Morgan fingerprint density at radius 3 is 2.59 bits per heavy atom. The van der Waals surface area contributed by atoms with Gasteiger partial charge in [-0.2, -0.15) is 5.26 Å². The fourth-order valence-corrected chi connectivity index (χ4v) is 5.74. The summed E-state index contributed by atoms with van der Waals surface area (Å²) in [4.78, 5) is 18.7. The molecule has 0 saturated carbocycles. The van der Waals surface area contributed by atoms with E-state index in [0.29, 0.717) is 17.2 Å². The quantitative estimate of drug-likeness (QED) is 0.224. The van der Waals surface area contributed by atoms with Crippen molar-refractivity contribution in [1.29, 1.82) is 5.26 Å². The number of hydrogen-bond donors (Lipinski definition) is 0. The third kappa shape index (κ3) is 6.64. The maximum atomic E-state index is 12.1. The minimum absolute atomic E-state index is 0.0817. The zero-order valence-corrected chi connectivity index (χ0v) is 19.5. The molecule has 0 aromatic heterocycles. The molecule has 1 heterocycles. The third-order valence-corrected chi connectivity index (χ3v) is 7.48. The normalized spacial score (nSPS) is 13.8. The van der Waals surface area contributed by atoms with Gasteiger partial charge in [-0.05, 0) is 30.4 Å². The van der Waals surface area contributed by atoms with Gasteiger partial charge in [-0.3, -0.25) is 4.79 Å². The second kappa shape index (κ2) is 12.1. The second-order valence-electron chi connectivity index (χ2n) is 7.28. The van der Waals surface area contributed by atoms with Crippen molar-refractivity contribution in [3.63, 3.8) is 0 Å². The highest BCUT2D eigenvalue weighted by molar-refractivity contribution is 8.24. The van der Waals surface area contributed by atoms with Gasteiger partial charge in [0.2, 0.25) is 0 Å². The van der Waals surface area contributed by atoms with Gasteiger partial charge in [0.05, 0.1) is 9.80 Å². The minimum atomic E-state index is -0.0817. The fourth-order valence-electron chi connectivity index (χ4n) is 3.21. The largest absolute Gasteiger partial charge is 0.292 e. The van der Waals surface area contributed by atoms with Crippen molar-refractivity contribution in [3.05, 3.63) is 38.9 Å². The molecule has 0 N–H and O–H groups in total. The number of thioether (sulfide) groups is 2. The van der Waals surface area contributed by atoms with E-state index in [1.54, 1.807) is 11.8 Å². The Bertz CT molecular complexity index is 874. The third-order valence-electron chi connectivity index (χ3n) is 4.98. The van der Waals surface area contributed by atoms with E-state index in [2.05, 4.69) is 37.6 Å². The Labute approximate surface area is 183 Å². The van der Waals surface area contributed by atoms with Crippen LogP contribution in [0.3, 0.4) is 0 Å².